The van der Waals surface area contributed by atoms with E-state index in [9.17, 15) is 4.79 Å². The Labute approximate surface area is 116 Å². The van der Waals surface area contributed by atoms with E-state index in [4.69, 9.17) is 4.52 Å². The highest BCUT2D eigenvalue weighted by Crippen LogP contribution is 2.29. The van der Waals surface area contributed by atoms with Crippen LogP contribution in [-0.2, 0) is 5.75 Å². The van der Waals surface area contributed by atoms with Gasteiger partial charge in [-0.3, -0.25) is 4.79 Å². The van der Waals surface area contributed by atoms with Crippen LogP contribution in [-0.4, -0.2) is 14.8 Å². The normalized spacial score (nSPS) is 17.1. The molecule has 3 rings (SSSR count). The number of fused-ring (bicyclic) bond motifs is 1. The molecule has 4 nitrogen and oxygen atoms in total. The van der Waals surface area contributed by atoms with Gasteiger partial charge >= 0.3 is 0 Å². The third-order valence-corrected chi connectivity index (χ3v) is 4.95. The van der Waals surface area contributed by atoms with Crippen molar-refractivity contribution in [3.05, 3.63) is 33.9 Å². The third-order valence-electron chi connectivity index (χ3n) is 3.54. The molecule has 1 aliphatic carbocycles. The second-order valence-corrected chi connectivity index (χ2v) is 6.44. The fourth-order valence-electron chi connectivity index (χ4n) is 2.58. The van der Waals surface area contributed by atoms with Gasteiger partial charge in [-0.05, 0) is 19.8 Å². The third kappa shape index (κ3) is 2.86. The van der Waals surface area contributed by atoms with Gasteiger partial charge in [0, 0.05) is 23.1 Å². The highest BCUT2D eigenvalue weighted by atomic mass is 32.2. The molecule has 0 aliphatic heterocycles. The second-order valence-electron chi connectivity index (χ2n) is 5.16. The van der Waals surface area contributed by atoms with Gasteiger partial charge < -0.3 is 4.52 Å². The first kappa shape index (κ1) is 12.8. The predicted molar refractivity (Wildman–Crippen MR) is 76.6 cm³/mol. The van der Waals surface area contributed by atoms with Gasteiger partial charge in [0.2, 0.25) is 0 Å². The van der Waals surface area contributed by atoms with E-state index in [1.54, 1.807) is 12.1 Å². The van der Waals surface area contributed by atoms with Gasteiger partial charge in [-0.1, -0.05) is 19.3 Å². The summed E-state index contributed by atoms with van der Waals surface area (Å²) in [6.07, 6.45) is 6.66. The summed E-state index contributed by atoms with van der Waals surface area (Å²) in [4.78, 5) is 16.4. The minimum atomic E-state index is -0.127. The standard InChI is InChI=1S/C14H18N2O2S/c1-10-7-13-15-11(8-14(17)16(13)18-10)9-19-12-5-3-2-4-6-12/h7-8,12H,2-6,9H2,1H3. The second kappa shape index (κ2) is 5.41. The van der Waals surface area contributed by atoms with Crippen molar-refractivity contribution in [2.24, 2.45) is 0 Å². The lowest BCUT2D eigenvalue weighted by Crippen LogP contribution is -2.14. The molecule has 0 bridgehead atoms. The quantitative estimate of drug-likeness (QED) is 0.865. The Bertz CT molecular complexity index is 626. The number of rotatable bonds is 3. The highest BCUT2D eigenvalue weighted by molar-refractivity contribution is 7.99. The number of nitrogens with zero attached hydrogens (tertiary/aromatic N) is 2. The van der Waals surface area contributed by atoms with Crippen LogP contribution in [0.5, 0.6) is 0 Å². The lowest BCUT2D eigenvalue weighted by molar-refractivity contribution is 0.344. The van der Waals surface area contributed by atoms with Crippen molar-refractivity contribution in [3.63, 3.8) is 0 Å². The van der Waals surface area contributed by atoms with E-state index < -0.39 is 0 Å². The molecular weight excluding hydrogens is 260 g/mol. The van der Waals surface area contributed by atoms with Crippen LogP contribution in [0.15, 0.2) is 21.5 Å². The molecule has 0 aromatic carbocycles. The predicted octanol–water partition coefficient (Wildman–Crippen LogP) is 3.16. The summed E-state index contributed by atoms with van der Waals surface area (Å²) in [5.74, 6) is 1.53. The molecule has 0 N–H and O–H groups in total. The van der Waals surface area contributed by atoms with E-state index in [-0.39, 0.29) is 5.56 Å². The lowest BCUT2D eigenvalue weighted by atomic mass is 10.0. The van der Waals surface area contributed by atoms with Crippen molar-refractivity contribution < 1.29 is 4.52 Å². The average Bonchev–Trinajstić information content (AvgIpc) is 2.79. The number of hydrogen-bond acceptors (Lipinski definition) is 4. The Hall–Kier alpha value is -1.23. The summed E-state index contributed by atoms with van der Waals surface area (Å²) in [5, 5.41) is 0.736. The van der Waals surface area contributed by atoms with Crippen molar-refractivity contribution in [1.82, 2.24) is 9.56 Å². The van der Waals surface area contributed by atoms with Crippen LogP contribution in [0.25, 0.3) is 5.65 Å². The molecular formula is C14H18N2O2S. The minimum Gasteiger partial charge on any atom is -0.375 e. The van der Waals surface area contributed by atoms with Gasteiger partial charge in [0.15, 0.2) is 5.65 Å². The van der Waals surface area contributed by atoms with Crippen molar-refractivity contribution in [1.29, 1.82) is 0 Å². The van der Waals surface area contributed by atoms with Crippen molar-refractivity contribution in [3.8, 4) is 0 Å². The molecule has 5 heteroatoms. The molecule has 2 aromatic heterocycles. The SMILES string of the molecule is Cc1cc2nc(CSC3CCCCC3)cc(=O)n2o1. The topological polar surface area (TPSA) is 47.5 Å². The van der Waals surface area contributed by atoms with Crippen molar-refractivity contribution in [2.45, 2.75) is 50.0 Å². The van der Waals surface area contributed by atoms with Crippen LogP contribution < -0.4 is 5.56 Å². The highest BCUT2D eigenvalue weighted by Gasteiger charge is 2.14. The van der Waals surface area contributed by atoms with Gasteiger partial charge in [-0.15, -0.1) is 4.57 Å². The van der Waals surface area contributed by atoms with Gasteiger partial charge in [-0.2, -0.15) is 11.8 Å². The molecule has 1 aliphatic rings. The summed E-state index contributed by atoms with van der Waals surface area (Å²) in [7, 11) is 0. The monoisotopic (exact) mass is 278 g/mol. The van der Waals surface area contributed by atoms with Gasteiger partial charge in [0.25, 0.3) is 5.56 Å². The summed E-state index contributed by atoms with van der Waals surface area (Å²) in [6.45, 7) is 1.82. The van der Waals surface area contributed by atoms with Crippen LogP contribution in [0.3, 0.4) is 0 Å². The molecule has 0 radical (unpaired) electrons. The first-order valence-electron chi connectivity index (χ1n) is 6.83. The first-order chi connectivity index (χ1) is 9.22. The Morgan fingerprint density at radius 3 is 2.95 bits per heavy atom. The summed E-state index contributed by atoms with van der Waals surface area (Å²) >= 11 is 1.93. The van der Waals surface area contributed by atoms with Crippen LogP contribution in [0.4, 0.5) is 0 Å². The largest absolute Gasteiger partial charge is 0.375 e. The van der Waals surface area contributed by atoms with E-state index in [0.717, 1.165) is 16.7 Å². The summed E-state index contributed by atoms with van der Waals surface area (Å²) in [6, 6.07) is 3.39. The van der Waals surface area contributed by atoms with Crippen LogP contribution >= 0.6 is 11.8 Å². The molecule has 19 heavy (non-hydrogen) atoms. The minimum absolute atomic E-state index is 0.127. The average molecular weight is 278 g/mol. The Morgan fingerprint density at radius 2 is 2.16 bits per heavy atom. The number of aromatic nitrogens is 2. The molecule has 0 saturated heterocycles. The van der Waals surface area contributed by atoms with Gasteiger partial charge in [-0.25, -0.2) is 4.98 Å². The number of thioether (sulfide) groups is 1. The Balaban J connectivity index is 1.75. The van der Waals surface area contributed by atoms with Crippen LogP contribution in [0.1, 0.15) is 43.6 Å². The maximum Gasteiger partial charge on any atom is 0.287 e. The molecule has 0 atom stereocenters. The first-order valence-corrected chi connectivity index (χ1v) is 7.88. The Kier molecular flexibility index (Phi) is 3.64. The summed E-state index contributed by atoms with van der Waals surface area (Å²) in [5.41, 5.74) is 1.35. The van der Waals surface area contributed by atoms with E-state index in [0.29, 0.717) is 11.4 Å². The van der Waals surface area contributed by atoms with E-state index in [1.807, 2.05) is 18.7 Å². The molecule has 0 unspecified atom stereocenters. The molecule has 102 valence electrons. The number of aryl methyl sites for hydroxylation is 1. The molecule has 0 spiro atoms. The molecule has 2 heterocycles. The van der Waals surface area contributed by atoms with Crippen molar-refractivity contribution in [2.75, 3.05) is 0 Å². The lowest BCUT2D eigenvalue weighted by Gasteiger charge is -2.20. The Morgan fingerprint density at radius 1 is 1.37 bits per heavy atom. The van der Waals surface area contributed by atoms with E-state index in [2.05, 4.69) is 4.98 Å². The maximum absolute atomic E-state index is 11.9. The van der Waals surface area contributed by atoms with Crippen LogP contribution in [0, 0.1) is 6.92 Å². The zero-order valence-electron chi connectivity index (χ0n) is 11.1. The van der Waals surface area contributed by atoms with Gasteiger partial charge in [0.1, 0.15) is 5.76 Å². The van der Waals surface area contributed by atoms with E-state index in [1.165, 1.54) is 36.7 Å². The molecule has 1 fully saturated rings. The number of hydrogen-bond donors (Lipinski definition) is 0. The zero-order chi connectivity index (χ0) is 13.2. The smallest absolute Gasteiger partial charge is 0.287 e. The van der Waals surface area contributed by atoms with Crippen LogP contribution in [0.2, 0.25) is 0 Å². The van der Waals surface area contributed by atoms with Crippen molar-refractivity contribution >= 4 is 17.4 Å². The maximum atomic E-state index is 11.9. The van der Waals surface area contributed by atoms with E-state index >= 15 is 0 Å². The molecule has 1 saturated carbocycles. The fraction of sp³-hybridized carbons (Fsp3) is 0.571. The zero-order valence-corrected chi connectivity index (χ0v) is 11.9. The molecule has 2 aromatic rings. The summed E-state index contributed by atoms with van der Waals surface area (Å²) < 4.78 is 6.54. The molecule has 0 amide bonds. The fourth-order valence-corrected chi connectivity index (χ4v) is 3.80. The van der Waals surface area contributed by atoms with Gasteiger partial charge in [0.05, 0.1) is 5.69 Å².